The fourth-order valence-corrected chi connectivity index (χ4v) is 2.54. The highest BCUT2D eigenvalue weighted by Crippen LogP contribution is 2.22. The Kier molecular flexibility index (Phi) is 5.26. The number of pyridine rings is 1. The third-order valence-corrected chi connectivity index (χ3v) is 4.09. The number of aromatic nitrogens is 1. The molecule has 1 heterocycles. The average molecular weight is 303 g/mol. The van der Waals surface area contributed by atoms with E-state index in [0.29, 0.717) is 24.5 Å². The molecule has 4 heteroatoms. The van der Waals surface area contributed by atoms with Crippen LogP contribution in [0.15, 0.2) is 35.1 Å². The first-order chi connectivity index (χ1) is 10.1. The van der Waals surface area contributed by atoms with Crippen LogP contribution in [0.4, 0.5) is 0 Å². The van der Waals surface area contributed by atoms with E-state index in [-0.39, 0.29) is 5.56 Å². The summed E-state index contributed by atoms with van der Waals surface area (Å²) in [5.74, 6) is 0.443. The highest BCUT2D eigenvalue weighted by molar-refractivity contribution is 7.79. The molecule has 0 atom stereocenters. The highest BCUT2D eigenvalue weighted by atomic mass is 32.1. The molecular weight excluding hydrogens is 282 g/mol. The Morgan fingerprint density at radius 3 is 2.52 bits per heavy atom. The maximum absolute atomic E-state index is 12.5. The zero-order valence-electron chi connectivity index (χ0n) is 12.7. The van der Waals surface area contributed by atoms with E-state index >= 15 is 0 Å². The monoisotopic (exact) mass is 303 g/mol. The van der Waals surface area contributed by atoms with Crippen LogP contribution in [0, 0.1) is 13.8 Å². The summed E-state index contributed by atoms with van der Waals surface area (Å²) in [6, 6.07) is 10.1. The summed E-state index contributed by atoms with van der Waals surface area (Å²) < 4.78 is 6.91. The Balaban J connectivity index is 2.58. The van der Waals surface area contributed by atoms with Crippen LogP contribution >= 0.6 is 12.6 Å². The summed E-state index contributed by atoms with van der Waals surface area (Å²) in [6.07, 6.45) is 0. The van der Waals surface area contributed by atoms with Crippen LogP contribution in [0.25, 0.3) is 11.3 Å². The number of hydrogen-bond donors (Lipinski definition) is 1. The van der Waals surface area contributed by atoms with Crippen molar-refractivity contribution in [3.63, 3.8) is 0 Å². The van der Waals surface area contributed by atoms with Crippen molar-refractivity contribution in [3.05, 3.63) is 57.4 Å². The molecule has 0 N–H and O–H groups in total. The quantitative estimate of drug-likeness (QED) is 0.860. The van der Waals surface area contributed by atoms with E-state index in [2.05, 4.69) is 44.7 Å². The van der Waals surface area contributed by atoms with Gasteiger partial charge in [0.2, 0.25) is 0 Å². The highest BCUT2D eigenvalue weighted by Gasteiger charge is 2.10. The number of methoxy groups -OCH3 is 1. The molecule has 112 valence electrons. The van der Waals surface area contributed by atoms with Crippen LogP contribution in [-0.2, 0) is 17.0 Å². The van der Waals surface area contributed by atoms with Crippen LogP contribution in [-0.4, -0.2) is 18.3 Å². The number of aryl methyl sites for hydroxylation is 2. The summed E-state index contributed by atoms with van der Waals surface area (Å²) in [5.41, 5.74) is 5.16. The van der Waals surface area contributed by atoms with E-state index in [1.54, 1.807) is 11.7 Å². The fourth-order valence-electron chi connectivity index (χ4n) is 2.30. The van der Waals surface area contributed by atoms with Crippen molar-refractivity contribution in [3.8, 4) is 11.3 Å². The van der Waals surface area contributed by atoms with Crippen LogP contribution in [0.2, 0.25) is 0 Å². The molecule has 0 aliphatic heterocycles. The number of ether oxygens (including phenoxy) is 1. The Bertz CT molecular complexity index is 692. The molecule has 21 heavy (non-hydrogen) atoms. The zero-order chi connectivity index (χ0) is 15.4. The Morgan fingerprint density at radius 2 is 1.90 bits per heavy atom. The van der Waals surface area contributed by atoms with Crippen molar-refractivity contribution >= 4 is 12.6 Å². The predicted molar refractivity (Wildman–Crippen MR) is 90.2 cm³/mol. The lowest BCUT2D eigenvalue weighted by Crippen LogP contribution is -2.26. The SMILES string of the molecule is COCCn1c(-c2ccc(C)c(C)c2)ccc(CS)c1=O. The standard InChI is InChI=1S/C17H21NO2S/c1-12-4-5-14(10-13(12)2)16-7-6-15(11-21)17(19)18(16)8-9-20-3/h4-7,10,21H,8-9,11H2,1-3H3. The molecule has 0 saturated carbocycles. The number of nitrogens with zero attached hydrogens (tertiary/aromatic N) is 1. The van der Waals surface area contributed by atoms with Gasteiger partial charge in [-0.15, -0.1) is 0 Å². The second-order valence-corrected chi connectivity index (χ2v) is 5.47. The number of hydrogen-bond acceptors (Lipinski definition) is 3. The molecule has 0 unspecified atom stereocenters. The molecule has 0 aliphatic rings. The van der Waals surface area contributed by atoms with Gasteiger partial charge in [-0.1, -0.05) is 18.2 Å². The van der Waals surface area contributed by atoms with Gasteiger partial charge in [-0.25, -0.2) is 0 Å². The molecule has 1 aromatic heterocycles. The number of benzene rings is 1. The van der Waals surface area contributed by atoms with Gasteiger partial charge in [0.1, 0.15) is 0 Å². The minimum atomic E-state index is 0.0118. The molecule has 0 saturated heterocycles. The van der Waals surface area contributed by atoms with E-state index in [4.69, 9.17) is 4.74 Å². The van der Waals surface area contributed by atoms with Gasteiger partial charge < -0.3 is 9.30 Å². The first kappa shape index (κ1) is 15.9. The molecule has 0 aliphatic carbocycles. The van der Waals surface area contributed by atoms with Gasteiger partial charge in [0.25, 0.3) is 5.56 Å². The van der Waals surface area contributed by atoms with Crippen molar-refractivity contribution in [2.75, 3.05) is 13.7 Å². The maximum Gasteiger partial charge on any atom is 0.255 e. The van der Waals surface area contributed by atoms with Gasteiger partial charge >= 0.3 is 0 Å². The normalized spacial score (nSPS) is 10.9. The van der Waals surface area contributed by atoms with Crippen molar-refractivity contribution in [1.29, 1.82) is 0 Å². The van der Waals surface area contributed by atoms with Crippen molar-refractivity contribution < 1.29 is 4.74 Å². The first-order valence-electron chi connectivity index (χ1n) is 6.98. The lowest BCUT2D eigenvalue weighted by atomic mass is 10.0. The van der Waals surface area contributed by atoms with Crippen LogP contribution in [0.3, 0.4) is 0 Å². The summed E-state index contributed by atoms with van der Waals surface area (Å²) >= 11 is 4.22. The smallest absolute Gasteiger partial charge is 0.255 e. The van der Waals surface area contributed by atoms with Crippen LogP contribution in [0.5, 0.6) is 0 Å². The summed E-state index contributed by atoms with van der Waals surface area (Å²) in [4.78, 5) is 12.5. The molecule has 0 radical (unpaired) electrons. The Morgan fingerprint density at radius 1 is 1.14 bits per heavy atom. The molecule has 3 nitrogen and oxygen atoms in total. The molecule has 0 fully saturated rings. The number of rotatable bonds is 5. The van der Waals surface area contributed by atoms with E-state index in [0.717, 1.165) is 11.3 Å². The predicted octanol–water partition coefficient (Wildman–Crippen LogP) is 3.21. The van der Waals surface area contributed by atoms with E-state index in [1.807, 2.05) is 12.1 Å². The van der Waals surface area contributed by atoms with E-state index in [9.17, 15) is 4.79 Å². The molecule has 1 aromatic carbocycles. The van der Waals surface area contributed by atoms with Gasteiger partial charge in [-0.3, -0.25) is 4.79 Å². The van der Waals surface area contributed by atoms with Gasteiger partial charge in [0.05, 0.1) is 12.3 Å². The topological polar surface area (TPSA) is 31.2 Å². The van der Waals surface area contributed by atoms with E-state index in [1.165, 1.54) is 11.1 Å². The van der Waals surface area contributed by atoms with Crippen molar-refractivity contribution in [2.45, 2.75) is 26.1 Å². The summed E-state index contributed by atoms with van der Waals surface area (Å²) in [6.45, 7) is 5.21. The fraction of sp³-hybridized carbons (Fsp3) is 0.353. The number of thiol groups is 1. The minimum absolute atomic E-state index is 0.0118. The average Bonchev–Trinajstić information content (AvgIpc) is 2.48. The molecule has 0 bridgehead atoms. The Hall–Kier alpha value is -1.52. The zero-order valence-corrected chi connectivity index (χ0v) is 13.6. The minimum Gasteiger partial charge on any atom is -0.383 e. The Labute approximate surface area is 131 Å². The summed E-state index contributed by atoms with van der Waals surface area (Å²) in [7, 11) is 1.64. The largest absolute Gasteiger partial charge is 0.383 e. The van der Waals surface area contributed by atoms with Crippen molar-refractivity contribution in [1.82, 2.24) is 4.57 Å². The second-order valence-electron chi connectivity index (χ2n) is 5.15. The lowest BCUT2D eigenvalue weighted by Gasteiger charge is -2.15. The van der Waals surface area contributed by atoms with E-state index < -0.39 is 0 Å². The molecule has 2 rings (SSSR count). The van der Waals surface area contributed by atoms with Crippen LogP contribution in [0.1, 0.15) is 16.7 Å². The van der Waals surface area contributed by atoms with Gasteiger partial charge in [0.15, 0.2) is 0 Å². The first-order valence-corrected chi connectivity index (χ1v) is 7.62. The maximum atomic E-state index is 12.5. The van der Waals surface area contributed by atoms with Gasteiger partial charge in [0, 0.05) is 25.0 Å². The molecule has 0 amide bonds. The summed E-state index contributed by atoms with van der Waals surface area (Å²) in [5, 5.41) is 0. The molecular formula is C17H21NO2S. The molecule has 2 aromatic rings. The van der Waals surface area contributed by atoms with Crippen molar-refractivity contribution in [2.24, 2.45) is 0 Å². The van der Waals surface area contributed by atoms with Gasteiger partial charge in [-0.2, -0.15) is 12.6 Å². The third kappa shape index (κ3) is 3.39. The van der Waals surface area contributed by atoms with Gasteiger partial charge in [-0.05, 0) is 42.7 Å². The molecule has 0 spiro atoms. The lowest BCUT2D eigenvalue weighted by molar-refractivity contribution is 0.186. The third-order valence-electron chi connectivity index (χ3n) is 3.75. The second kappa shape index (κ2) is 6.96. The van der Waals surface area contributed by atoms with Crippen LogP contribution < -0.4 is 5.56 Å².